The fourth-order valence-corrected chi connectivity index (χ4v) is 4.39. The molecule has 0 bridgehead atoms. The molecule has 158 valence electrons. The zero-order chi connectivity index (χ0) is 21.1. The standard InChI is InChI=1S/C25H31N3O2/c1-17-4-6-19(7-5-17)15-27-25(29)18(2)28-12-10-20(11-13-28)23-16-26-24-9-8-21(30-3)14-22(23)24/h4-9,14,16,18,20,26H,10-13,15H2,1-3H3,(H,27,29). The van der Waals surface area contributed by atoms with Crippen molar-refractivity contribution in [1.82, 2.24) is 15.2 Å². The van der Waals surface area contributed by atoms with Gasteiger partial charge >= 0.3 is 0 Å². The highest BCUT2D eigenvalue weighted by molar-refractivity contribution is 5.85. The number of ether oxygens (including phenoxy) is 1. The summed E-state index contributed by atoms with van der Waals surface area (Å²) in [5.74, 6) is 1.50. The molecule has 30 heavy (non-hydrogen) atoms. The number of H-pyrrole nitrogens is 1. The summed E-state index contributed by atoms with van der Waals surface area (Å²) in [6.45, 7) is 6.53. The van der Waals surface area contributed by atoms with E-state index >= 15 is 0 Å². The molecule has 3 aromatic rings. The first kappa shape index (κ1) is 20.5. The first-order chi connectivity index (χ1) is 14.5. The van der Waals surface area contributed by atoms with Gasteiger partial charge in [-0.05, 0) is 75.0 Å². The van der Waals surface area contributed by atoms with Gasteiger partial charge in [-0.2, -0.15) is 0 Å². The van der Waals surface area contributed by atoms with E-state index in [9.17, 15) is 4.79 Å². The monoisotopic (exact) mass is 405 g/mol. The summed E-state index contributed by atoms with van der Waals surface area (Å²) in [6.07, 6.45) is 4.25. The number of piperidine rings is 1. The number of aryl methyl sites for hydroxylation is 1. The SMILES string of the molecule is COc1ccc2[nH]cc(C3CCN(C(C)C(=O)NCc4ccc(C)cc4)CC3)c2c1. The van der Waals surface area contributed by atoms with Crippen molar-refractivity contribution in [3.8, 4) is 5.75 Å². The van der Waals surface area contributed by atoms with Crippen LogP contribution in [0, 0.1) is 6.92 Å². The number of rotatable bonds is 6. The van der Waals surface area contributed by atoms with Crippen LogP contribution in [0.15, 0.2) is 48.7 Å². The van der Waals surface area contributed by atoms with Crippen molar-refractivity contribution in [2.45, 2.75) is 45.2 Å². The van der Waals surface area contributed by atoms with Crippen LogP contribution in [0.25, 0.3) is 10.9 Å². The van der Waals surface area contributed by atoms with E-state index in [1.807, 2.05) is 13.0 Å². The van der Waals surface area contributed by atoms with E-state index < -0.39 is 0 Å². The zero-order valence-electron chi connectivity index (χ0n) is 18.1. The molecular weight excluding hydrogens is 374 g/mol. The van der Waals surface area contributed by atoms with E-state index in [-0.39, 0.29) is 11.9 Å². The molecule has 4 rings (SSSR count). The number of hydrogen-bond donors (Lipinski definition) is 2. The highest BCUT2D eigenvalue weighted by Crippen LogP contribution is 2.35. The highest BCUT2D eigenvalue weighted by Gasteiger charge is 2.28. The quantitative estimate of drug-likeness (QED) is 0.640. The molecule has 0 saturated carbocycles. The van der Waals surface area contributed by atoms with Gasteiger partial charge in [0.1, 0.15) is 5.75 Å². The van der Waals surface area contributed by atoms with Crippen LogP contribution in [-0.4, -0.2) is 42.0 Å². The second-order valence-corrected chi connectivity index (χ2v) is 8.35. The number of methoxy groups -OCH3 is 1. The lowest BCUT2D eigenvalue weighted by Gasteiger charge is -2.35. The van der Waals surface area contributed by atoms with E-state index in [1.54, 1.807) is 7.11 Å². The van der Waals surface area contributed by atoms with Crippen LogP contribution >= 0.6 is 0 Å². The molecule has 5 nitrogen and oxygen atoms in total. The third kappa shape index (κ3) is 4.36. The first-order valence-electron chi connectivity index (χ1n) is 10.8. The minimum absolute atomic E-state index is 0.103. The van der Waals surface area contributed by atoms with Crippen molar-refractivity contribution in [1.29, 1.82) is 0 Å². The Balaban J connectivity index is 1.33. The van der Waals surface area contributed by atoms with Crippen LogP contribution in [0.4, 0.5) is 0 Å². The van der Waals surface area contributed by atoms with Crippen molar-refractivity contribution in [2.75, 3.05) is 20.2 Å². The van der Waals surface area contributed by atoms with Crippen LogP contribution in [0.1, 0.15) is 42.4 Å². The maximum Gasteiger partial charge on any atom is 0.237 e. The van der Waals surface area contributed by atoms with Crippen molar-refractivity contribution >= 4 is 16.8 Å². The molecule has 1 aromatic heterocycles. The fourth-order valence-electron chi connectivity index (χ4n) is 4.39. The number of fused-ring (bicyclic) bond motifs is 1. The predicted octanol–water partition coefficient (Wildman–Crippen LogP) is 4.37. The lowest BCUT2D eigenvalue weighted by Crippen LogP contribution is -2.47. The molecule has 1 aliphatic rings. The third-order valence-electron chi connectivity index (χ3n) is 6.40. The molecule has 0 spiro atoms. The summed E-state index contributed by atoms with van der Waals surface area (Å²) >= 11 is 0. The minimum Gasteiger partial charge on any atom is -0.497 e. The maximum atomic E-state index is 12.7. The van der Waals surface area contributed by atoms with Gasteiger partial charge in [0.05, 0.1) is 13.2 Å². The Kier molecular flexibility index (Phi) is 6.09. The number of carbonyl (C=O) groups is 1. The second-order valence-electron chi connectivity index (χ2n) is 8.35. The molecule has 1 fully saturated rings. The Labute approximate surface area is 178 Å². The Morgan fingerprint density at radius 3 is 2.63 bits per heavy atom. The van der Waals surface area contributed by atoms with Gasteiger partial charge in [-0.15, -0.1) is 0 Å². The first-order valence-corrected chi connectivity index (χ1v) is 10.8. The Morgan fingerprint density at radius 2 is 1.93 bits per heavy atom. The van der Waals surface area contributed by atoms with Gasteiger partial charge in [-0.3, -0.25) is 9.69 Å². The van der Waals surface area contributed by atoms with Crippen LogP contribution in [0.3, 0.4) is 0 Å². The average Bonchev–Trinajstić information content (AvgIpc) is 3.21. The number of nitrogens with one attached hydrogen (secondary N) is 2. The molecule has 1 atom stereocenters. The summed E-state index contributed by atoms with van der Waals surface area (Å²) in [4.78, 5) is 18.4. The van der Waals surface area contributed by atoms with E-state index in [1.165, 1.54) is 16.5 Å². The molecule has 1 amide bonds. The van der Waals surface area contributed by atoms with Crippen molar-refractivity contribution in [3.63, 3.8) is 0 Å². The van der Waals surface area contributed by atoms with Gasteiger partial charge in [0.15, 0.2) is 0 Å². The summed E-state index contributed by atoms with van der Waals surface area (Å²) in [5.41, 5.74) is 4.88. The number of hydrogen-bond acceptors (Lipinski definition) is 3. The lowest BCUT2D eigenvalue weighted by molar-refractivity contribution is -0.126. The summed E-state index contributed by atoms with van der Waals surface area (Å²) in [6, 6.07) is 14.4. The molecule has 2 N–H and O–H groups in total. The van der Waals surface area contributed by atoms with Gasteiger partial charge in [-0.1, -0.05) is 29.8 Å². The third-order valence-corrected chi connectivity index (χ3v) is 6.40. The maximum absolute atomic E-state index is 12.7. The molecule has 0 radical (unpaired) electrons. The molecule has 2 heterocycles. The second kappa shape index (κ2) is 8.92. The summed E-state index contributed by atoms with van der Waals surface area (Å²) in [7, 11) is 1.71. The van der Waals surface area contributed by atoms with E-state index in [2.05, 4.69) is 64.7 Å². The van der Waals surface area contributed by atoms with E-state index in [4.69, 9.17) is 4.74 Å². The van der Waals surface area contributed by atoms with Gasteiger partial charge in [0, 0.05) is 23.6 Å². The number of nitrogens with zero attached hydrogens (tertiary/aromatic N) is 1. The molecule has 1 aliphatic heterocycles. The normalized spacial score (nSPS) is 16.5. The number of benzene rings is 2. The zero-order valence-corrected chi connectivity index (χ0v) is 18.1. The van der Waals surface area contributed by atoms with Crippen LogP contribution < -0.4 is 10.1 Å². The van der Waals surface area contributed by atoms with Gasteiger partial charge < -0.3 is 15.0 Å². The van der Waals surface area contributed by atoms with Crippen LogP contribution in [0.2, 0.25) is 0 Å². The van der Waals surface area contributed by atoms with Gasteiger partial charge in [-0.25, -0.2) is 0 Å². The fraction of sp³-hybridized carbons (Fsp3) is 0.400. The topological polar surface area (TPSA) is 57.4 Å². The van der Waals surface area contributed by atoms with Gasteiger partial charge in [0.2, 0.25) is 5.91 Å². The summed E-state index contributed by atoms with van der Waals surface area (Å²) < 4.78 is 5.40. The summed E-state index contributed by atoms with van der Waals surface area (Å²) in [5, 5.41) is 4.34. The molecule has 5 heteroatoms. The van der Waals surface area contributed by atoms with Crippen molar-refractivity contribution in [3.05, 3.63) is 65.4 Å². The lowest BCUT2D eigenvalue weighted by atomic mass is 9.88. The molecule has 0 aliphatic carbocycles. The minimum atomic E-state index is -0.112. The average molecular weight is 406 g/mol. The highest BCUT2D eigenvalue weighted by atomic mass is 16.5. The van der Waals surface area contributed by atoms with Crippen molar-refractivity contribution in [2.24, 2.45) is 0 Å². The molecule has 1 saturated heterocycles. The van der Waals surface area contributed by atoms with Crippen LogP contribution in [0.5, 0.6) is 5.75 Å². The Hall–Kier alpha value is -2.79. The number of likely N-dealkylation sites (tertiary alicyclic amines) is 1. The smallest absolute Gasteiger partial charge is 0.237 e. The molecule has 1 unspecified atom stereocenters. The number of aromatic amines is 1. The van der Waals surface area contributed by atoms with E-state index in [0.29, 0.717) is 12.5 Å². The predicted molar refractivity (Wildman–Crippen MR) is 121 cm³/mol. The van der Waals surface area contributed by atoms with Crippen LogP contribution in [-0.2, 0) is 11.3 Å². The Bertz CT molecular complexity index is 1000. The number of aromatic nitrogens is 1. The van der Waals surface area contributed by atoms with E-state index in [0.717, 1.165) is 42.8 Å². The number of amides is 1. The molecule has 2 aromatic carbocycles. The number of carbonyl (C=O) groups excluding carboxylic acids is 1. The largest absolute Gasteiger partial charge is 0.497 e. The Morgan fingerprint density at radius 1 is 1.20 bits per heavy atom. The van der Waals surface area contributed by atoms with Crippen molar-refractivity contribution < 1.29 is 9.53 Å². The molecular formula is C25H31N3O2. The van der Waals surface area contributed by atoms with Gasteiger partial charge in [0.25, 0.3) is 0 Å².